The Morgan fingerprint density at radius 2 is 2.00 bits per heavy atom. The van der Waals surface area contributed by atoms with Gasteiger partial charge in [0.1, 0.15) is 19.5 Å². The molecule has 6 nitrogen and oxygen atoms in total. The van der Waals surface area contributed by atoms with E-state index in [1.54, 1.807) is 0 Å². The van der Waals surface area contributed by atoms with E-state index in [1.165, 1.54) is 5.32 Å². The third kappa shape index (κ3) is 2.66. The van der Waals surface area contributed by atoms with Gasteiger partial charge in [0.05, 0.1) is 0 Å². The summed E-state index contributed by atoms with van der Waals surface area (Å²) < 4.78 is 47.2. The molecule has 1 unspecified atom stereocenters. The second-order valence-corrected chi connectivity index (χ2v) is 3.58. The SMILES string of the molecule is CC(NC(=O)C1=COCCO1)(C(=O)O)C(F)(F)F. The molecule has 0 spiro atoms. The molecule has 102 valence electrons. The molecule has 1 aliphatic heterocycles. The minimum Gasteiger partial charge on any atom is -0.494 e. The van der Waals surface area contributed by atoms with Crippen molar-refractivity contribution in [3.8, 4) is 0 Å². The quantitative estimate of drug-likeness (QED) is 0.774. The van der Waals surface area contributed by atoms with Crippen LogP contribution < -0.4 is 5.32 Å². The number of nitrogens with one attached hydrogen (secondary N) is 1. The second kappa shape index (κ2) is 4.75. The van der Waals surface area contributed by atoms with Crippen LogP contribution in [0.4, 0.5) is 13.2 Å². The molecule has 0 saturated carbocycles. The number of alkyl halides is 3. The van der Waals surface area contributed by atoms with Gasteiger partial charge in [-0.3, -0.25) is 4.79 Å². The normalized spacial score (nSPS) is 18.8. The Balaban J connectivity index is 2.89. The molecule has 1 aliphatic rings. The van der Waals surface area contributed by atoms with Gasteiger partial charge in [0, 0.05) is 0 Å². The van der Waals surface area contributed by atoms with E-state index in [-0.39, 0.29) is 13.2 Å². The number of carboxylic acid groups (broad SMARTS) is 1. The molecule has 9 heteroatoms. The first-order chi connectivity index (χ1) is 8.18. The lowest BCUT2D eigenvalue weighted by Gasteiger charge is -2.29. The fourth-order valence-corrected chi connectivity index (χ4v) is 1.02. The first-order valence-corrected chi connectivity index (χ1v) is 4.75. The zero-order valence-electron chi connectivity index (χ0n) is 9.21. The van der Waals surface area contributed by atoms with Gasteiger partial charge >= 0.3 is 12.1 Å². The van der Waals surface area contributed by atoms with Crippen LogP contribution >= 0.6 is 0 Å². The summed E-state index contributed by atoms with van der Waals surface area (Å²) in [6.45, 7) is 0.499. The fourth-order valence-electron chi connectivity index (χ4n) is 1.02. The minimum absolute atomic E-state index is 0.00490. The maximum atomic E-state index is 12.6. The number of hydrogen-bond acceptors (Lipinski definition) is 4. The van der Waals surface area contributed by atoms with Crippen molar-refractivity contribution in [3.63, 3.8) is 0 Å². The monoisotopic (exact) mass is 269 g/mol. The van der Waals surface area contributed by atoms with Crippen molar-refractivity contribution < 1.29 is 37.3 Å². The highest BCUT2D eigenvalue weighted by Crippen LogP contribution is 2.30. The molecule has 0 aliphatic carbocycles. The predicted octanol–water partition coefficient (Wildman–Crippen LogP) is 0.396. The molecule has 0 radical (unpaired) electrons. The van der Waals surface area contributed by atoms with E-state index in [4.69, 9.17) is 9.84 Å². The van der Waals surface area contributed by atoms with Crippen molar-refractivity contribution in [1.29, 1.82) is 0 Å². The molecule has 0 fully saturated rings. The zero-order valence-corrected chi connectivity index (χ0v) is 9.21. The maximum Gasteiger partial charge on any atom is 0.422 e. The summed E-state index contributed by atoms with van der Waals surface area (Å²) in [6.07, 6.45) is -4.32. The van der Waals surface area contributed by atoms with Crippen molar-refractivity contribution in [3.05, 3.63) is 12.0 Å². The van der Waals surface area contributed by atoms with Crippen molar-refractivity contribution in [1.82, 2.24) is 5.32 Å². The van der Waals surface area contributed by atoms with Gasteiger partial charge in [0.2, 0.25) is 11.3 Å². The Labute approximate surface area is 99.4 Å². The Kier molecular flexibility index (Phi) is 3.73. The van der Waals surface area contributed by atoms with Crippen molar-refractivity contribution in [2.45, 2.75) is 18.6 Å². The molecule has 1 heterocycles. The molecule has 1 rings (SSSR count). The van der Waals surface area contributed by atoms with Crippen LogP contribution in [0.3, 0.4) is 0 Å². The van der Waals surface area contributed by atoms with Crippen molar-refractivity contribution in [2.75, 3.05) is 13.2 Å². The van der Waals surface area contributed by atoms with Crippen LogP contribution in [0.15, 0.2) is 12.0 Å². The number of aliphatic carboxylic acids is 1. The van der Waals surface area contributed by atoms with Gasteiger partial charge in [-0.15, -0.1) is 0 Å². The fraction of sp³-hybridized carbons (Fsp3) is 0.556. The van der Waals surface area contributed by atoms with Gasteiger partial charge in [-0.25, -0.2) is 4.79 Å². The largest absolute Gasteiger partial charge is 0.494 e. The zero-order chi connectivity index (χ0) is 14.0. The van der Waals surface area contributed by atoms with E-state index in [0.717, 1.165) is 6.26 Å². The summed E-state index contributed by atoms with van der Waals surface area (Å²) in [5.41, 5.74) is -3.40. The average molecular weight is 269 g/mol. The summed E-state index contributed by atoms with van der Waals surface area (Å²) in [6, 6.07) is 0. The highest BCUT2D eigenvalue weighted by molar-refractivity contribution is 5.95. The number of halogens is 3. The number of carboxylic acids is 1. The highest BCUT2D eigenvalue weighted by Gasteiger charge is 2.58. The molecule has 0 bridgehead atoms. The molecule has 1 atom stereocenters. The van der Waals surface area contributed by atoms with Crippen LogP contribution in [0.2, 0.25) is 0 Å². The Hall–Kier alpha value is -1.93. The molecule has 0 aromatic rings. The molecule has 2 N–H and O–H groups in total. The molecular weight excluding hydrogens is 259 g/mol. The molecule has 0 aromatic heterocycles. The number of carbonyl (C=O) groups excluding carboxylic acids is 1. The summed E-state index contributed by atoms with van der Waals surface area (Å²) in [7, 11) is 0. The third-order valence-corrected chi connectivity index (χ3v) is 2.23. The van der Waals surface area contributed by atoms with Gasteiger partial charge in [0.25, 0.3) is 5.91 Å². The standard InChI is InChI=1S/C9H10F3NO5/c1-8(7(15)16,9(10,11)12)13-6(14)5-4-17-2-3-18-5/h4H,2-3H2,1H3,(H,13,14)(H,15,16). The summed E-state index contributed by atoms with van der Waals surface area (Å²) >= 11 is 0. The summed E-state index contributed by atoms with van der Waals surface area (Å²) in [4.78, 5) is 22.1. The number of rotatable bonds is 3. The van der Waals surface area contributed by atoms with Gasteiger partial charge < -0.3 is 19.9 Å². The van der Waals surface area contributed by atoms with Gasteiger partial charge in [-0.05, 0) is 6.92 Å². The van der Waals surface area contributed by atoms with E-state index >= 15 is 0 Å². The first kappa shape index (κ1) is 14.1. The van der Waals surface area contributed by atoms with Gasteiger partial charge in [0.15, 0.2) is 0 Å². The Bertz CT molecular complexity index is 392. The highest BCUT2D eigenvalue weighted by atomic mass is 19.4. The first-order valence-electron chi connectivity index (χ1n) is 4.75. The molecule has 1 amide bonds. The lowest BCUT2D eigenvalue weighted by molar-refractivity contribution is -0.206. The second-order valence-electron chi connectivity index (χ2n) is 3.58. The van der Waals surface area contributed by atoms with E-state index < -0.39 is 29.4 Å². The Morgan fingerprint density at radius 1 is 1.39 bits per heavy atom. The summed E-state index contributed by atoms with van der Waals surface area (Å²) in [5.74, 6) is -4.03. The van der Waals surface area contributed by atoms with Crippen LogP contribution in [0.1, 0.15) is 6.92 Å². The van der Waals surface area contributed by atoms with Crippen LogP contribution in [-0.4, -0.2) is 41.9 Å². The van der Waals surface area contributed by atoms with E-state index in [2.05, 4.69) is 4.74 Å². The molecule has 0 aromatic carbocycles. The van der Waals surface area contributed by atoms with Crippen LogP contribution in [0.5, 0.6) is 0 Å². The number of ether oxygens (including phenoxy) is 2. The van der Waals surface area contributed by atoms with Gasteiger partial charge in [-0.1, -0.05) is 0 Å². The van der Waals surface area contributed by atoms with Gasteiger partial charge in [-0.2, -0.15) is 13.2 Å². The van der Waals surface area contributed by atoms with Crippen LogP contribution in [0.25, 0.3) is 0 Å². The van der Waals surface area contributed by atoms with Crippen LogP contribution in [0, 0.1) is 0 Å². The lowest BCUT2D eigenvalue weighted by Crippen LogP contribution is -2.62. The van der Waals surface area contributed by atoms with Crippen LogP contribution in [-0.2, 0) is 19.1 Å². The minimum atomic E-state index is -5.15. The maximum absolute atomic E-state index is 12.6. The van der Waals surface area contributed by atoms with E-state index in [9.17, 15) is 22.8 Å². The predicted molar refractivity (Wildman–Crippen MR) is 50.2 cm³/mol. The number of amides is 1. The van der Waals surface area contributed by atoms with Crippen molar-refractivity contribution in [2.24, 2.45) is 0 Å². The Morgan fingerprint density at radius 3 is 2.39 bits per heavy atom. The van der Waals surface area contributed by atoms with E-state index in [0.29, 0.717) is 6.92 Å². The summed E-state index contributed by atoms with van der Waals surface area (Å²) in [5, 5.41) is 9.95. The topological polar surface area (TPSA) is 84.9 Å². The number of carbonyl (C=O) groups is 2. The lowest BCUT2D eigenvalue weighted by atomic mass is 10.0. The third-order valence-electron chi connectivity index (χ3n) is 2.23. The molecule has 0 saturated heterocycles. The van der Waals surface area contributed by atoms with E-state index in [1.807, 2.05) is 0 Å². The molecular formula is C9H10F3NO5. The van der Waals surface area contributed by atoms with Crippen molar-refractivity contribution >= 4 is 11.9 Å². The molecule has 18 heavy (non-hydrogen) atoms. The smallest absolute Gasteiger partial charge is 0.422 e. The number of hydrogen-bond donors (Lipinski definition) is 2. The average Bonchev–Trinajstić information content (AvgIpc) is 2.28.